The van der Waals surface area contributed by atoms with Crippen molar-refractivity contribution in [2.24, 2.45) is 17.6 Å². The molecule has 0 amide bonds. The minimum atomic E-state index is 0.740. The van der Waals surface area contributed by atoms with E-state index >= 15 is 0 Å². The van der Waals surface area contributed by atoms with Crippen LogP contribution in [-0.2, 0) is 0 Å². The van der Waals surface area contributed by atoms with Crippen molar-refractivity contribution < 1.29 is 0 Å². The van der Waals surface area contributed by atoms with E-state index in [4.69, 9.17) is 5.73 Å². The van der Waals surface area contributed by atoms with Crippen LogP contribution in [-0.4, -0.2) is 55.6 Å². The molecule has 0 aromatic heterocycles. The molecule has 2 N–H and O–H groups in total. The Balaban J connectivity index is 1.99. The predicted molar refractivity (Wildman–Crippen MR) is 82.2 cm³/mol. The third-order valence-corrected chi connectivity index (χ3v) is 5.57. The predicted octanol–water partition coefficient (Wildman–Crippen LogP) is 2.17. The van der Waals surface area contributed by atoms with Gasteiger partial charge in [-0.05, 0) is 64.7 Å². The summed E-state index contributed by atoms with van der Waals surface area (Å²) in [7, 11) is 4.45. The Kier molecular flexibility index (Phi) is 5.67. The molecule has 4 unspecified atom stereocenters. The zero-order valence-corrected chi connectivity index (χ0v) is 13.1. The van der Waals surface area contributed by atoms with E-state index in [1.165, 1.54) is 51.6 Å². The van der Waals surface area contributed by atoms with Crippen LogP contribution >= 0.6 is 0 Å². The second-order valence-corrected chi connectivity index (χ2v) is 6.91. The molecule has 1 aliphatic heterocycles. The van der Waals surface area contributed by atoms with Gasteiger partial charge in [-0.1, -0.05) is 19.8 Å². The molecule has 112 valence electrons. The van der Waals surface area contributed by atoms with Gasteiger partial charge >= 0.3 is 0 Å². The molecule has 2 fully saturated rings. The smallest absolute Gasteiger partial charge is 0.0217 e. The summed E-state index contributed by atoms with van der Waals surface area (Å²) in [6.45, 7) is 5.78. The van der Waals surface area contributed by atoms with E-state index in [1.54, 1.807) is 0 Å². The quantitative estimate of drug-likeness (QED) is 0.847. The fraction of sp³-hybridized carbons (Fsp3) is 1.00. The lowest BCUT2D eigenvalue weighted by Crippen LogP contribution is -2.54. The summed E-state index contributed by atoms with van der Waals surface area (Å²) in [4.78, 5) is 5.18. The van der Waals surface area contributed by atoms with Crippen molar-refractivity contribution in [3.8, 4) is 0 Å². The first-order valence-electron chi connectivity index (χ1n) is 8.26. The summed E-state index contributed by atoms with van der Waals surface area (Å²) >= 11 is 0. The zero-order valence-electron chi connectivity index (χ0n) is 13.1. The molecule has 2 aliphatic rings. The van der Waals surface area contributed by atoms with Gasteiger partial charge in [0.2, 0.25) is 0 Å². The minimum absolute atomic E-state index is 0.740. The lowest BCUT2D eigenvalue weighted by atomic mass is 9.76. The lowest BCUT2D eigenvalue weighted by molar-refractivity contribution is 0.0357. The van der Waals surface area contributed by atoms with E-state index in [9.17, 15) is 0 Å². The molecule has 0 radical (unpaired) electrons. The van der Waals surface area contributed by atoms with Gasteiger partial charge in [-0.2, -0.15) is 0 Å². The van der Waals surface area contributed by atoms with Gasteiger partial charge in [-0.25, -0.2) is 0 Å². The number of likely N-dealkylation sites (tertiary alicyclic amines) is 1. The molecular formula is C16H33N3. The summed E-state index contributed by atoms with van der Waals surface area (Å²) in [5.41, 5.74) is 6.04. The van der Waals surface area contributed by atoms with Crippen LogP contribution in [0.15, 0.2) is 0 Å². The molecule has 3 heteroatoms. The van der Waals surface area contributed by atoms with Crippen LogP contribution in [0.3, 0.4) is 0 Å². The second-order valence-electron chi connectivity index (χ2n) is 6.91. The third-order valence-electron chi connectivity index (χ3n) is 5.57. The van der Waals surface area contributed by atoms with Crippen LogP contribution in [0, 0.1) is 11.8 Å². The number of rotatable bonds is 4. The van der Waals surface area contributed by atoms with Gasteiger partial charge in [0.15, 0.2) is 0 Å². The first-order valence-corrected chi connectivity index (χ1v) is 8.26. The molecule has 0 spiro atoms. The number of hydrogen-bond donors (Lipinski definition) is 1. The molecule has 3 nitrogen and oxygen atoms in total. The Labute approximate surface area is 119 Å². The molecule has 19 heavy (non-hydrogen) atoms. The normalized spacial score (nSPS) is 37.7. The van der Waals surface area contributed by atoms with E-state index < -0.39 is 0 Å². The molecule has 1 saturated heterocycles. The standard InChI is InChI=1S/C16H33N3/c1-4-13-7-8-14(11-17)16(10-13)19-9-5-6-15(12-19)18(2)3/h13-16H,4-12,17H2,1-3H3. The molecule has 1 saturated carbocycles. The first-order chi connectivity index (χ1) is 9.15. The van der Waals surface area contributed by atoms with Gasteiger partial charge in [0, 0.05) is 18.6 Å². The molecule has 0 aromatic rings. The summed E-state index contributed by atoms with van der Waals surface area (Å²) in [6, 6.07) is 1.50. The van der Waals surface area contributed by atoms with Crippen molar-refractivity contribution in [2.45, 2.75) is 57.5 Å². The van der Waals surface area contributed by atoms with Gasteiger partial charge in [-0.15, -0.1) is 0 Å². The summed E-state index contributed by atoms with van der Waals surface area (Å²) in [6.07, 6.45) is 8.20. The van der Waals surface area contributed by atoms with E-state index in [1.807, 2.05) is 0 Å². The van der Waals surface area contributed by atoms with E-state index in [-0.39, 0.29) is 0 Å². The molecule has 0 aromatic carbocycles. The van der Waals surface area contributed by atoms with Crippen LogP contribution in [0.1, 0.15) is 45.4 Å². The fourth-order valence-electron chi connectivity index (χ4n) is 4.09. The number of nitrogens with two attached hydrogens (primary N) is 1. The lowest BCUT2D eigenvalue weighted by Gasteiger charge is -2.46. The van der Waals surface area contributed by atoms with Gasteiger partial charge in [0.05, 0.1) is 0 Å². The molecule has 0 bridgehead atoms. The number of piperidine rings is 1. The Bertz CT molecular complexity index is 267. The number of nitrogens with zero attached hydrogens (tertiary/aromatic N) is 2. The van der Waals surface area contributed by atoms with Crippen molar-refractivity contribution in [3.05, 3.63) is 0 Å². The topological polar surface area (TPSA) is 32.5 Å². The molecule has 1 heterocycles. The number of likely N-dealkylation sites (N-methyl/N-ethyl adjacent to an activating group) is 1. The summed E-state index contributed by atoms with van der Waals surface area (Å²) < 4.78 is 0. The Hall–Kier alpha value is -0.120. The highest BCUT2D eigenvalue weighted by Crippen LogP contribution is 2.35. The van der Waals surface area contributed by atoms with Crippen LogP contribution in [0.5, 0.6) is 0 Å². The van der Waals surface area contributed by atoms with Crippen LogP contribution in [0.25, 0.3) is 0 Å². The van der Waals surface area contributed by atoms with Crippen molar-refractivity contribution in [2.75, 3.05) is 33.7 Å². The highest BCUT2D eigenvalue weighted by Gasteiger charge is 2.35. The van der Waals surface area contributed by atoms with Gasteiger partial charge < -0.3 is 10.6 Å². The number of hydrogen-bond acceptors (Lipinski definition) is 3. The molecular weight excluding hydrogens is 234 g/mol. The highest BCUT2D eigenvalue weighted by atomic mass is 15.2. The van der Waals surface area contributed by atoms with Crippen molar-refractivity contribution in [1.29, 1.82) is 0 Å². The maximum Gasteiger partial charge on any atom is 0.0217 e. The van der Waals surface area contributed by atoms with Gasteiger partial charge in [0.1, 0.15) is 0 Å². The minimum Gasteiger partial charge on any atom is -0.330 e. The molecule has 4 atom stereocenters. The van der Waals surface area contributed by atoms with Gasteiger partial charge in [-0.3, -0.25) is 4.90 Å². The van der Waals surface area contributed by atoms with E-state index in [2.05, 4.69) is 30.8 Å². The van der Waals surface area contributed by atoms with E-state index in [0.29, 0.717) is 0 Å². The van der Waals surface area contributed by atoms with Crippen molar-refractivity contribution in [3.63, 3.8) is 0 Å². The van der Waals surface area contributed by atoms with Crippen LogP contribution < -0.4 is 5.73 Å². The summed E-state index contributed by atoms with van der Waals surface area (Å²) in [5.74, 6) is 1.68. The SMILES string of the molecule is CCC1CCC(CN)C(N2CCCC(N(C)C)C2)C1. The Morgan fingerprint density at radius 3 is 2.63 bits per heavy atom. The average molecular weight is 267 g/mol. The van der Waals surface area contributed by atoms with Gasteiger partial charge in [0.25, 0.3) is 0 Å². The monoisotopic (exact) mass is 267 g/mol. The van der Waals surface area contributed by atoms with Crippen molar-refractivity contribution >= 4 is 0 Å². The second kappa shape index (κ2) is 7.05. The Morgan fingerprint density at radius 2 is 2.00 bits per heavy atom. The maximum absolute atomic E-state index is 6.04. The first kappa shape index (κ1) is 15.3. The summed E-state index contributed by atoms with van der Waals surface area (Å²) in [5, 5.41) is 0. The molecule has 2 rings (SSSR count). The zero-order chi connectivity index (χ0) is 13.8. The largest absolute Gasteiger partial charge is 0.330 e. The van der Waals surface area contributed by atoms with Crippen LogP contribution in [0.2, 0.25) is 0 Å². The van der Waals surface area contributed by atoms with E-state index in [0.717, 1.165) is 30.5 Å². The molecule has 1 aliphatic carbocycles. The average Bonchev–Trinajstić information content (AvgIpc) is 2.46. The van der Waals surface area contributed by atoms with Crippen molar-refractivity contribution in [1.82, 2.24) is 9.80 Å². The Morgan fingerprint density at radius 1 is 1.21 bits per heavy atom. The van der Waals surface area contributed by atoms with Crippen LogP contribution in [0.4, 0.5) is 0 Å². The third kappa shape index (κ3) is 3.71. The maximum atomic E-state index is 6.04. The fourth-order valence-corrected chi connectivity index (χ4v) is 4.09. The highest BCUT2D eigenvalue weighted by molar-refractivity contribution is 4.90.